The summed E-state index contributed by atoms with van der Waals surface area (Å²) >= 11 is 0. The Morgan fingerprint density at radius 3 is 1.83 bits per heavy atom. The summed E-state index contributed by atoms with van der Waals surface area (Å²) in [6.07, 6.45) is 2.46. The molecule has 0 rings (SSSR count). The van der Waals surface area contributed by atoms with Crippen molar-refractivity contribution in [1.82, 2.24) is 5.32 Å². The first-order chi connectivity index (χ1) is 5.58. The van der Waals surface area contributed by atoms with Crippen LogP contribution in [0.1, 0.15) is 47.0 Å². The fourth-order valence-electron chi connectivity index (χ4n) is 0.486. The number of hydrogen-bond acceptors (Lipinski definition) is 2. The lowest BCUT2D eigenvalue weighted by Gasteiger charge is -1.95. The molecule has 0 fully saturated rings. The Morgan fingerprint density at radius 2 is 1.58 bits per heavy atom. The van der Waals surface area contributed by atoms with E-state index in [1.165, 1.54) is 13.3 Å². The number of hydrogen-bond donors (Lipinski definition) is 1. The maximum absolute atomic E-state index is 10.5. The van der Waals surface area contributed by atoms with Gasteiger partial charge in [-0.1, -0.05) is 27.2 Å². The van der Waals surface area contributed by atoms with Gasteiger partial charge in [-0.25, -0.2) is 0 Å². The molecule has 0 aromatic rings. The minimum Gasteiger partial charge on any atom is -0.297 e. The van der Waals surface area contributed by atoms with Crippen molar-refractivity contribution in [3.05, 3.63) is 0 Å². The van der Waals surface area contributed by atoms with Gasteiger partial charge in [0, 0.05) is 13.3 Å². The molecule has 0 aliphatic carbocycles. The molecule has 0 unspecified atom stereocenters. The predicted molar refractivity (Wildman–Crippen MR) is 49.7 cm³/mol. The summed E-state index contributed by atoms with van der Waals surface area (Å²) in [5, 5.41) is 2.17. The van der Waals surface area contributed by atoms with E-state index in [1.54, 1.807) is 0 Å². The second-order valence-corrected chi connectivity index (χ2v) is 2.56. The van der Waals surface area contributed by atoms with Crippen LogP contribution in [0.4, 0.5) is 0 Å². The largest absolute Gasteiger partial charge is 0.297 e. The van der Waals surface area contributed by atoms with Crippen LogP contribution in [0.2, 0.25) is 0 Å². The van der Waals surface area contributed by atoms with Crippen molar-refractivity contribution >= 4 is 11.8 Å². The molecule has 0 aliphatic rings. The molecule has 0 saturated heterocycles. The highest BCUT2D eigenvalue weighted by atomic mass is 16.2. The molecule has 0 heterocycles. The molecule has 12 heavy (non-hydrogen) atoms. The van der Waals surface area contributed by atoms with Crippen molar-refractivity contribution in [3.63, 3.8) is 0 Å². The fraction of sp³-hybridized carbons (Fsp3) is 0.778. The third kappa shape index (κ3) is 16.1. The average Bonchev–Trinajstić information content (AvgIpc) is 1.87. The Labute approximate surface area is 74.5 Å². The van der Waals surface area contributed by atoms with Crippen LogP contribution in [0.15, 0.2) is 0 Å². The second-order valence-electron chi connectivity index (χ2n) is 2.56. The van der Waals surface area contributed by atoms with Crippen molar-refractivity contribution in [2.45, 2.75) is 47.0 Å². The average molecular weight is 173 g/mol. The van der Waals surface area contributed by atoms with E-state index in [4.69, 9.17) is 0 Å². The van der Waals surface area contributed by atoms with Crippen LogP contribution in [0.5, 0.6) is 0 Å². The zero-order chi connectivity index (χ0) is 9.98. The van der Waals surface area contributed by atoms with Crippen molar-refractivity contribution < 1.29 is 9.59 Å². The van der Waals surface area contributed by atoms with E-state index in [0.717, 1.165) is 6.42 Å². The molecule has 0 saturated carbocycles. The number of carbonyl (C=O) groups is 2. The molecule has 0 spiro atoms. The van der Waals surface area contributed by atoms with Gasteiger partial charge in [-0.3, -0.25) is 14.9 Å². The fourth-order valence-corrected chi connectivity index (χ4v) is 0.486. The van der Waals surface area contributed by atoms with Gasteiger partial charge in [0.1, 0.15) is 0 Å². The molecule has 2 amide bonds. The van der Waals surface area contributed by atoms with Crippen LogP contribution in [-0.4, -0.2) is 11.8 Å². The maximum Gasteiger partial charge on any atom is 0.226 e. The first-order valence-corrected chi connectivity index (χ1v) is 4.38. The summed E-state index contributed by atoms with van der Waals surface area (Å²) in [5.74, 6) is -0.474. The lowest BCUT2D eigenvalue weighted by atomic mass is 10.3. The molecule has 1 N–H and O–H groups in total. The van der Waals surface area contributed by atoms with E-state index in [9.17, 15) is 9.59 Å². The Morgan fingerprint density at radius 1 is 1.17 bits per heavy atom. The quantitative estimate of drug-likeness (QED) is 0.692. The van der Waals surface area contributed by atoms with Crippen LogP contribution < -0.4 is 5.32 Å². The molecule has 0 aromatic heterocycles. The predicted octanol–water partition coefficient (Wildman–Crippen LogP) is 1.87. The van der Waals surface area contributed by atoms with Gasteiger partial charge < -0.3 is 0 Å². The van der Waals surface area contributed by atoms with E-state index >= 15 is 0 Å². The standard InChI is InChI=1S/C6H11NO2.C3H8/c1-3-4-6(9)7-5(2)8;1-3-2/h3-4H2,1-2H3,(H,7,8,9);3H2,1-2H3. The van der Waals surface area contributed by atoms with Crippen LogP contribution in [0, 0.1) is 0 Å². The number of nitrogens with one attached hydrogen (secondary N) is 1. The SMILES string of the molecule is CCC.CCCC(=O)NC(C)=O. The highest BCUT2D eigenvalue weighted by Crippen LogP contribution is 1.84. The van der Waals surface area contributed by atoms with Crippen molar-refractivity contribution in [2.24, 2.45) is 0 Å². The summed E-state index contributed by atoms with van der Waals surface area (Å²) in [5.41, 5.74) is 0. The van der Waals surface area contributed by atoms with Gasteiger partial charge >= 0.3 is 0 Å². The molecule has 0 atom stereocenters. The van der Waals surface area contributed by atoms with E-state index < -0.39 is 0 Å². The van der Waals surface area contributed by atoms with E-state index in [-0.39, 0.29) is 11.8 Å². The topological polar surface area (TPSA) is 46.2 Å². The third-order valence-electron chi connectivity index (χ3n) is 0.793. The molecule has 3 nitrogen and oxygen atoms in total. The number of amides is 2. The molecular weight excluding hydrogens is 154 g/mol. The second kappa shape index (κ2) is 10.1. The van der Waals surface area contributed by atoms with Crippen LogP contribution in [0.25, 0.3) is 0 Å². The number of carbonyl (C=O) groups excluding carboxylic acids is 2. The monoisotopic (exact) mass is 173 g/mol. The van der Waals surface area contributed by atoms with Gasteiger partial charge in [-0.15, -0.1) is 0 Å². The van der Waals surface area contributed by atoms with Crippen molar-refractivity contribution in [2.75, 3.05) is 0 Å². The minimum atomic E-state index is -0.284. The Kier molecular flexibility index (Phi) is 11.6. The Hall–Kier alpha value is -0.860. The lowest BCUT2D eigenvalue weighted by Crippen LogP contribution is -2.27. The summed E-state index contributed by atoms with van der Waals surface area (Å²) in [7, 11) is 0. The van der Waals surface area contributed by atoms with Gasteiger partial charge in [0.15, 0.2) is 0 Å². The summed E-state index contributed by atoms with van der Waals surface area (Å²) in [4.78, 5) is 20.7. The van der Waals surface area contributed by atoms with Gasteiger partial charge in [-0.2, -0.15) is 0 Å². The maximum atomic E-state index is 10.5. The molecular formula is C9H19NO2. The van der Waals surface area contributed by atoms with Gasteiger partial charge in [-0.05, 0) is 6.42 Å². The highest BCUT2D eigenvalue weighted by Gasteiger charge is 1.99. The highest BCUT2D eigenvalue weighted by molar-refractivity contribution is 5.93. The smallest absolute Gasteiger partial charge is 0.226 e. The number of imide groups is 1. The third-order valence-corrected chi connectivity index (χ3v) is 0.793. The van der Waals surface area contributed by atoms with Crippen LogP contribution in [0.3, 0.4) is 0 Å². The van der Waals surface area contributed by atoms with Gasteiger partial charge in [0.05, 0.1) is 0 Å². The molecule has 3 heteroatoms. The van der Waals surface area contributed by atoms with Crippen molar-refractivity contribution in [1.29, 1.82) is 0 Å². The Balaban J connectivity index is 0. The Bertz CT molecular complexity index is 132. The van der Waals surface area contributed by atoms with E-state index in [1.807, 2.05) is 6.92 Å². The zero-order valence-electron chi connectivity index (χ0n) is 8.44. The van der Waals surface area contributed by atoms with Gasteiger partial charge in [0.25, 0.3) is 0 Å². The van der Waals surface area contributed by atoms with Crippen molar-refractivity contribution in [3.8, 4) is 0 Å². The van der Waals surface area contributed by atoms with Crippen LogP contribution in [-0.2, 0) is 9.59 Å². The summed E-state index contributed by atoms with van der Waals surface area (Å²) < 4.78 is 0. The molecule has 0 aliphatic heterocycles. The normalized spacial score (nSPS) is 8.00. The van der Waals surface area contributed by atoms with E-state index in [0.29, 0.717) is 6.42 Å². The number of rotatable bonds is 2. The molecule has 72 valence electrons. The first-order valence-electron chi connectivity index (χ1n) is 4.38. The first kappa shape index (κ1) is 13.7. The lowest BCUT2D eigenvalue weighted by molar-refractivity contribution is -0.129. The van der Waals surface area contributed by atoms with Crippen LogP contribution >= 0.6 is 0 Å². The molecule has 0 radical (unpaired) electrons. The summed E-state index contributed by atoms with van der Waals surface area (Å²) in [6, 6.07) is 0. The summed E-state index contributed by atoms with van der Waals surface area (Å²) in [6.45, 7) is 7.47. The van der Waals surface area contributed by atoms with E-state index in [2.05, 4.69) is 19.2 Å². The zero-order valence-corrected chi connectivity index (χ0v) is 8.44. The van der Waals surface area contributed by atoms with Gasteiger partial charge in [0.2, 0.25) is 11.8 Å². The molecule has 0 aromatic carbocycles. The minimum absolute atomic E-state index is 0.190. The molecule has 0 bridgehead atoms.